The lowest BCUT2D eigenvalue weighted by molar-refractivity contribution is 0.0766. The normalized spacial score (nSPS) is 19.5. The zero-order valence-corrected chi connectivity index (χ0v) is 8.95. The summed E-state index contributed by atoms with van der Waals surface area (Å²) in [6.45, 7) is 5.82. The Hall–Kier alpha value is -1.59. The second-order valence-electron chi connectivity index (χ2n) is 4.68. The Bertz CT molecular complexity index is 384. The number of carbonyl (C=O) groups excluding carboxylic acids is 1. The van der Waals surface area contributed by atoms with Gasteiger partial charge in [-0.2, -0.15) is 4.98 Å². The molecule has 0 radical (unpaired) electrons. The van der Waals surface area contributed by atoms with Crippen molar-refractivity contribution in [3.05, 3.63) is 5.82 Å². The van der Waals surface area contributed by atoms with E-state index in [1.165, 1.54) is 0 Å². The van der Waals surface area contributed by atoms with Crippen molar-refractivity contribution in [3.8, 4) is 0 Å². The number of H-pyrrole nitrogens is 1. The van der Waals surface area contributed by atoms with Gasteiger partial charge in [0.1, 0.15) is 0 Å². The van der Waals surface area contributed by atoms with Crippen LogP contribution in [0.1, 0.15) is 30.9 Å². The van der Waals surface area contributed by atoms with Gasteiger partial charge in [-0.3, -0.25) is 9.89 Å². The van der Waals surface area contributed by atoms with Crippen LogP contribution in [0.4, 0.5) is 5.95 Å². The first-order chi connectivity index (χ1) is 6.98. The molecule has 1 fully saturated rings. The first kappa shape index (κ1) is 9.95. The summed E-state index contributed by atoms with van der Waals surface area (Å²) in [6, 6.07) is 0. The largest absolute Gasteiger partial charge is 0.366 e. The molecule has 15 heavy (non-hydrogen) atoms. The van der Waals surface area contributed by atoms with E-state index in [0.717, 1.165) is 19.5 Å². The van der Waals surface area contributed by atoms with Crippen molar-refractivity contribution in [2.45, 2.75) is 20.3 Å². The maximum atomic E-state index is 11.9. The second-order valence-corrected chi connectivity index (χ2v) is 4.68. The maximum Gasteiger partial charge on any atom is 0.291 e. The van der Waals surface area contributed by atoms with Gasteiger partial charge in [-0.25, -0.2) is 0 Å². The van der Waals surface area contributed by atoms with Gasteiger partial charge in [0, 0.05) is 13.1 Å². The van der Waals surface area contributed by atoms with Crippen LogP contribution in [0.25, 0.3) is 0 Å². The van der Waals surface area contributed by atoms with Gasteiger partial charge >= 0.3 is 0 Å². The minimum Gasteiger partial charge on any atom is -0.366 e. The Labute approximate surface area is 87.9 Å². The lowest BCUT2D eigenvalue weighted by atomic mass is 9.93. The van der Waals surface area contributed by atoms with Crippen molar-refractivity contribution >= 4 is 11.9 Å². The van der Waals surface area contributed by atoms with E-state index < -0.39 is 0 Å². The van der Waals surface area contributed by atoms with E-state index in [1.54, 1.807) is 4.90 Å². The number of aromatic nitrogens is 3. The fraction of sp³-hybridized carbons (Fsp3) is 0.667. The predicted octanol–water partition coefficient (Wildman–Crippen LogP) is 0.259. The van der Waals surface area contributed by atoms with E-state index in [4.69, 9.17) is 5.73 Å². The summed E-state index contributed by atoms with van der Waals surface area (Å²) < 4.78 is 0. The molecule has 1 aromatic heterocycles. The summed E-state index contributed by atoms with van der Waals surface area (Å²) in [5.74, 6) is 0.215. The van der Waals surface area contributed by atoms with Crippen LogP contribution in [-0.2, 0) is 0 Å². The van der Waals surface area contributed by atoms with Crippen LogP contribution in [0.15, 0.2) is 0 Å². The third kappa shape index (κ3) is 1.93. The lowest BCUT2D eigenvalue weighted by Gasteiger charge is -2.18. The number of hydrogen-bond donors (Lipinski definition) is 2. The van der Waals surface area contributed by atoms with Gasteiger partial charge in [-0.05, 0) is 11.8 Å². The Morgan fingerprint density at radius 2 is 2.33 bits per heavy atom. The average Bonchev–Trinajstić information content (AvgIpc) is 2.71. The SMILES string of the molecule is CC1(C)CCN(C(=O)c2nc(N)n[nH]2)C1. The first-order valence-corrected chi connectivity index (χ1v) is 4.95. The molecule has 6 nitrogen and oxygen atoms in total. The molecule has 2 heterocycles. The summed E-state index contributed by atoms with van der Waals surface area (Å²) in [7, 11) is 0. The Morgan fingerprint density at radius 3 is 2.80 bits per heavy atom. The van der Waals surface area contributed by atoms with Crippen LogP contribution < -0.4 is 5.73 Å². The van der Waals surface area contributed by atoms with Gasteiger partial charge in [0.05, 0.1) is 0 Å². The molecule has 0 aliphatic carbocycles. The second kappa shape index (κ2) is 3.22. The molecule has 0 bridgehead atoms. The van der Waals surface area contributed by atoms with Crippen LogP contribution in [0.5, 0.6) is 0 Å². The van der Waals surface area contributed by atoms with Crippen molar-refractivity contribution in [2.75, 3.05) is 18.8 Å². The maximum absolute atomic E-state index is 11.9. The molecule has 0 unspecified atom stereocenters. The van der Waals surface area contributed by atoms with Gasteiger partial charge < -0.3 is 10.6 Å². The number of anilines is 1. The average molecular weight is 209 g/mol. The molecule has 6 heteroatoms. The van der Waals surface area contributed by atoms with Gasteiger partial charge in [0.15, 0.2) is 0 Å². The fourth-order valence-electron chi connectivity index (χ4n) is 1.81. The number of aromatic amines is 1. The van der Waals surface area contributed by atoms with Gasteiger partial charge in [-0.15, -0.1) is 5.10 Å². The molecule has 0 spiro atoms. The molecular formula is C9H15N5O. The highest BCUT2D eigenvalue weighted by Crippen LogP contribution is 2.29. The van der Waals surface area contributed by atoms with Crippen molar-refractivity contribution in [2.24, 2.45) is 5.41 Å². The Morgan fingerprint density at radius 1 is 1.60 bits per heavy atom. The molecule has 1 amide bonds. The Balaban J connectivity index is 2.10. The lowest BCUT2D eigenvalue weighted by Crippen LogP contribution is -2.31. The van der Waals surface area contributed by atoms with E-state index in [2.05, 4.69) is 29.0 Å². The van der Waals surface area contributed by atoms with Gasteiger partial charge in [-0.1, -0.05) is 13.8 Å². The van der Waals surface area contributed by atoms with Crippen LogP contribution >= 0.6 is 0 Å². The number of carbonyl (C=O) groups is 1. The fourth-order valence-corrected chi connectivity index (χ4v) is 1.81. The highest BCUT2D eigenvalue weighted by molar-refractivity contribution is 5.90. The standard InChI is InChI=1S/C9H15N5O/c1-9(2)3-4-14(5-9)7(15)6-11-8(10)13-12-6/h3-5H2,1-2H3,(H3,10,11,12,13). The molecule has 1 aliphatic heterocycles. The van der Waals surface area contributed by atoms with E-state index in [1.807, 2.05) is 0 Å². The van der Waals surface area contributed by atoms with Crippen molar-refractivity contribution in [3.63, 3.8) is 0 Å². The molecule has 3 N–H and O–H groups in total. The molecule has 1 aromatic rings. The molecule has 0 aromatic carbocycles. The van der Waals surface area contributed by atoms with Crippen molar-refractivity contribution < 1.29 is 4.79 Å². The van der Waals surface area contributed by atoms with Crippen LogP contribution in [0.2, 0.25) is 0 Å². The van der Waals surface area contributed by atoms with Crippen LogP contribution in [0.3, 0.4) is 0 Å². The number of nitrogen functional groups attached to an aromatic ring is 1. The third-order valence-corrected chi connectivity index (χ3v) is 2.67. The topological polar surface area (TPSA) is 87.9 Å². The molecule has 82 valence electrons. The number of nitrogens with two attached hydrogens (primary N) is 1. The highest BCUT2D eigenvalue weighted by Gasteiger charge is 2.33. The van der Waals surface area contributed by atoms with Crippen molar-refractivity contribution in [1.29, 1.82) is 0 Å². The van der Waals surface area contributed by atoms with E-state index in [9.17, 15) is 4.79 Å². The molecule has 0 atom stereocenters. The Kier molecular flexibility index (Phi) is 2.13. The predicted molar refractivity (Wildman–Crippen MR) is 55.1 cm³/mol. The zero-order valence-electron chi connectivity index (χ0n) is 8.95. The molecule has 0 saturated carbocycles. The van der Waals surface area contributed by atoms with Crippen LogP contribution in [-0.4, -0.2) is 39.1 Å². The van der Waals surface area contributed by atoms with E-state index in [0.29, 0.717) is 0 Å². The summed E-state index contributed by atoms with van der Waals surface area (Å²) in [6.07, 6.45) is 1.02. The quantitative estimate of drug-likeness (QED) is 0.694. The summed E-state index contributed by atoms with van der Waals surface area (Å²) in [5, 5.41) is 6.17. The summed E-state index contributed by atoms with van der Waals surface area (Å²) >= 11 is 0. The van der Waals surface area contributed by atoms with Crippen LogP contribution in [0, 0.1) is 5.41 Å². The monoisotopic (exact) mass is 209 g/mol. The number of likely N-dealkylation sites (tertiary alicyclic amines) is 1. The third-order valence-electron chi connectivity index (χ3n) is 2.67. The highest BCUT2D eigenvalue weighted by atomic mass is 16.2. The number of amides is 1. The molecule has 1 saturated heterocycles. The first-order valence-electron chi connectivity index (χ1n) is 4.95. The van der Waals surface area contributed by atoms with Gasteiger partial charge in [0.25, 0.3) is 5.91 Å². The van der Waals surface area contributed by atoms with Gasteiger partial charge in [0.2, 0.25) is 11.8 Å². The van der Waals surface area contributed by atoms with E-state index in [-0.39, 0.29) is 23.1 Å². The minimum absolute atomic E-state index is 0.108. The minimum atomic E-state index is -0.121. The van der Waals surface area contributed by atoms with Crippen molar-refractivity contribution in [1.82, 2.24) is 20.1 Å². The number of rotatable bonds is 1. The number of nitrogens with zero attached hydrogens (tertiary/aromatic N) is 3. The number of nitrogens with one attached hydrogen (secondary N) is 1. The summed E-state index contributed by atoms with van der Waals surface area (Å²) in [4.78, 5) is 17.5. The summed E-state index contributed by atoms with van der Waals surface area (Å²) in [5.41, 5.74) is 5.54. The smallest absolute Gasteiger partial charge is 0.291 e. The molecular weight excluding hydrogens is 194 g/mol. The number of hydrogen-bond acceptors (Lipinski definition) is 4. The molecule has 1 aliphatic rings. The zero-order chi connectivity index (χ0) is 11.1. The molecule has 2 rings (SSSR count). The van der Waals surface area contributed by atoms with E-state index >= 15 is 0 Å².